The van der Waals surface area contributed by atoms with Gasteiger partial charge in [-0.1, -0.05) is 12.1 Å². The van der Waals surface area contributed by atoms with Crippen molar-refractivity contribution in [3.8, 4) is 0 Å². The summed E-state index contributed by atoms with van der Waals surface area (Å²) in [6, 6.07) is 4.58. The topological polar surface area (TPSA) is 61.4 Å². The van der Waals surface area contributed by atoms with Crippen molar-refractivity contribution < 1.29 is 23.1 Å². The Morgan fingerprint density at radius 1 is 1.30 bits per heavy atom. The molecule has 1 aromatic carbocycles. The average molecular weight is 330 g/mol. The number of nitrogens with one attached hydrogen (secondary N) is 2. The molecule has 128 valence electrons. The van der Waals surface area contributed by atoms with Gasteiger partial charge in [0.2, 0.25) is 5.91 Å². The molecule has 1 atom stereocenters. The lowest BCUT2D eigenvalue weighted by molar-refractivity contribution is -0.137. The number of benzene rings is 1. The fourth-order valence-corrected chi connectivity index (χ4v) is 2.19. The number of rotatable bonds is 7. The standard InChI is InChI=1S/C16H21F3N2O2/c1-15(23,10-20-9-14(22)21-8-11-5-6-11)12-3-2-4-13(7-12)16(17,18)19/h2-4,7,11,20,23H,5-6,8-10H2,1H3,(H,21,22). The number of hydrogen-bond acceptors (Lipinski definition) is 3. The molecular formula is C16H21F3N2O2. The Kier molecular flexibility index (Phi) is 5.31. The third kappa shape index (κ3) is 5.51. The largest absolute Gasteiger partial charge is 0.416 e. The Labute approximate surface area is 133 Å². The first-order valence-corrected chi connectivity index (χ1v) is 7.56. The molecule has 1 fully saturated rings. The second kappa shape index (κ2) is 6.88. The molecule has 3 N–H and O–H groups in total. The number of carbonyl (C=O) groups excluding carboxylic acids is 1. The molecule has 2 rings (SSSR count). The Morgan fingerprint density at radius 3 is 2.57 bits per heavy atom. The molecule has 23 heavy (non-hydrogen) atoms. The fourth-order valence-electron chi connectivity index (χ4n) is 2.19. The molecule has 1 aliphatic rings. The van der Waals surface area contributed by atoms with E-state index in [1.54, 1.807) is 0 Å². The van der Waals surface area contributed by atoms with Gasteiger partial charge in [0.25, 0.3) is 0 Å². The van der Waals surface area contributed by atoms with Gasteiger partial charge in [-0.25, -0.2) is 0 Å². The van der Waals surface area contributed by atoms with Crippen LogP contribution >= 0.6 is 0 Å². The third-order valence-corrected chi connectivity index (χ3v) is 3.85. The lowest BCUT2D eigenvalue weighted by atomic mass is 9.94. The van der Waals surface area contributed by atoms with Gasteiger partial charge in [-0.2, -0.15) is 13.2 Å². The minimum absolute atomic E-state index is 0.0157. The SMILES string of the molecule is CC(O)(CNCC(=O)NCC1CC1)c1cccc(C(F)(F)F)c1. The highest BCUT2D eigenvalue weighted by molar-refractivity contribution is 5.78. The van der Waals surface area contributed by atoms with Gasteiger partial charge in [-0.15, -0.1) is 0 Å². The van der Waals surface area contributed by atoms with E-state index in [-0.39, 0.29) is 24.6 Å². The monoisotopic (exact) mass is 330 g/mol. The minimum atomic E-state index is -4.46. The van der Waals surface area contributed by atoms with Gasteiger partial charge in [0.05, 0.1) is 17.7 Å². The summed E-state index contributed by atoms with van der Waals surface area (Å²) in [5.41, 5.74) is -2.16. The maximum Gasteiger partial charge on any atom is 0.416 e. The second-order valence-electron chi connectivity index (χ2n) is 6.20. The molecule has 7 heteroatoms. The summed E-state index contributed by atoms with van der Waals surface area (Å²) in [6.07, 6.45) is -2.18. The minimum Gasteiger partial charge on any atom is -0.384 e. The summed E-state index contributed by atoms with van der Waals surface area (Å²) in [6.45, 7) is 2.06. The van der Waals surface area contributed by atoms with Crippen LogP contribution in [0.15, 0.2) is 24.3 Å². The maximum atomic E-state index is 12.7. The zero-order chi connectivity index (χ0) is 17.1. The summed E-state index contributed by atoms with van der Waals surface area (Å²) < 4.78 is 38.2. The molecule has 1 aromatic rings. The van der Waals surface area contributed by atoms with E-state index in [0.29, 0.717) is 12.5 Å². The predicted molar refractivity (Wildman–Crippen MR) is 79.6 cm³/mol. The summed E-state index contributed by atoms with van der Waals surface area (Å²) in [4.78, 5) is 11.6. The van der Waals surface area contributed by atoms with Gasteiger partial charge < -0.3 is 15.7 Å². The highest BCUT2D eigenvalue weighted by Crippen LogP contribution is 2.32. The summed E-state index contributed by atoms with van der Waals surface area (Å²) in [5, 5.41) is 15.9. The number of aliphatic hydroxyl groups is 1. The van der Waals surface area contributed by atoms with Crippen molar-refractivity contribution in [2.75, 3.05) is 19.6 Å². The maximum absolute atomic E-state index is 12.7. The van der Waals surface area contributed by atoms with E-state index in [2.05, 4.69) is 10.6 Å². The fraction of sp³-hybridized carbons (Fsp3) is 0.562. The van der Waals surface area contributed by atoms with Crippen LogP contribution in [0.4, 0.5) is 13.2 Å². The van der Waals surface area contributed by atoms with Crippen LogP contribution in [0.2, 0.25) is 0 Å². The predicted octanol–water partition coefficient (Wildman–Crippen LogP) is 2.03. The van der Waals surface area contributed by atoms with Crippen molar-refractivity contribution in [3.63, 3.8) is 0 Å². The van der Waals surface area contributed by atoms with E-state index in [1.807, 2.05) is 0 Å². The van der Waals surface area contributed by atoms with Gasteiger partial charge in [0.1, 0.15) is 0 Å². The van der Waals surface area contributed by atoms with Crippen LogP contribution in [-0.2, 0) is 16.6 Å². The number of halogens is 3. The van der Waals surface area contributed by atoms with E-state index in [4.69, 9.17) is 0 Å². The van der Waals surface area contributed by atoms with Crippen LogP contribution in [0.1, 0.15) is 30.9 Å². The normalized spacial score (nSPS) is 17.6. The van der Waals surface area contributed by atoms with Gasteiger partial charge >= 0.3 is 6.18 Å². The van der Waals surface area contributed by atoms with Crippen LogP contribution in [0.5, 0.6) is 0 Å². The molecule has 0 aliphatic heterocycles. The van der Waals surface area contributed by atoms with Crippen molar-refractivity contribution in [1.29, 1.82) is 0 Å². The van der Waals surface area contributed by atoms with Crippen LogP contribution in [0, 0.1) is 5.92 Å². The van der Waals surface area contributed by atoms with Crippen molar-refractivity contribution in [2.24, 2.45) is 5.92 Å². The van der Waals surface area contributed by atoms with Crippen LogP contribution in [0.3, 0.4) is 0 Å². The van der Waals surface area contributed by atoms with Gasteiger partial charge in [-0.05, 0) is 43.4 Å². The first-order valence-electron chi connectivity index (χ1n) is 7.56. The smallest absolute Gasteiger partial charge is 0.384 e. The molecule has 0 radical (unpaired) electrons. The summed E-state index contributed by atoms with van der Waals surface area (Å²) in [5.74, 6) is 0.393. The average Bonchev–Trinajstić information content (AvgIpc) is 3.28. The number of carbonyl (C=O) groups is 1. The Hall–Kier alpha value is -1.60. The Bertz CT molecular complexity index is 555. The van der Waals surface area contributed by atoms with E-state index >= 15 is 0 Å². The summed E-state index contributed by atoms with van der Waals surface area (Å²) >= 11 is 0. The van der Waals surface area contributed by atoms with E-state index in [0.717, 1.165) is 25.0 Å². The molecule has 0 heterocycles. The second-order valence-corrected chi connectivity index (χ2v) is 6.20. The van der Waals surface area contributed by atoms with Crippen LogP contribution in [0.25, 0.3) is 0 Å². The van der Waals surface area contributed by atoms with Gasteiger partial charge in [0.15, 0.2) is 0 Å². The molecule has 0 aromatic heterocycles. The lowest BCUT2D eigenvalue weighted by Crippen LogP contribution is -2.41. The molecule has 0 saturated heterocycles. The highest BCUT2D eigenvalue weighted by atomic mass is 19.4. The lowest BCUT2D eigenvalue weighted by Gasteiger charge is -2.25. The molecule has 0 spiro atoms. The van der Waals surface area contributed by atoms with E-state index < -0.39 is 17.3 Å². The quantitative estimate of drug-likeness (QED) is 0.717. The van der Waals surface area contributed by atoms with Crippen molar-refractivity contribution >= 4 is 5.91 Å². The first-order chi connectivity index (χ1) is 10.7. The third-order valence-electron chi connectivity index (χ3n) is 3.85. The van der Waals surface area contributed by atoms with Crippen LogP contribution in [-0.4, -0.2) is 30.6 Å². The van der Waals surface area contributed by atoms with E-state index in [1.165, 1.54) is 19.1 Å². The highest BCUT2D eigenvalue weighted by Gasteiger charge is 2.32. The van der Waals surface area contributed by atoms with Crippen LogP contribution < -0.4 is 10.6 Å². The van der Waals surface area contributed by atoms with Gasteiger partial charge in [-0.3, -0.25) is 4.79 Å². The number of alkyl halides is 3. The first kappa shape index (κ1) is 17.7. The number of amides is 1. The van der Waals surface area contributed by atoms with E-state index in [9.17, 15) is 23.1 Å². The zero-order valence-corrected chi connectivity index (χ0v) is 12.9. The molecule has 1 unspecified atom stereocenters. The Balaban J connectivity index is 1.86. The molecule has 1 aliphatic carbocycles. The molecule has 4 nitrogen and oxygen atoms in total. The number of hydrogen-bond donors (Lipinski definition) is 3. The van der Waals surface area contributed by atoms with Crippen molar-refractivity contribution in [3.05, 3.63) is 35.4 Å². The molecule has 1 saturated carbocycles. The molecular weight excluding hydrogens is 309 g/mol. The van der Waals surface area contributed by atoms with Crippen molar-refractivity contribution in [1.82, 2.24) is 10.6 Å². The zero-order valence-electron chi connectivity index (χ0n) is 12.9. The van der Waals surface area contributed by atoms with Gasteiger partial charge in [0, 0.05) is 13.1 Å². The Morgan fingerprint density at radius 2 is 1.96 bits per heavy atom. The molecule has 0 bridgehead atoms. The summed E-state index contributed by atoms with van der Waals surface area (Å²) in [7, 11) is 0. The molecule has 1 amide bonds. The van der Waals surface area contributed by atoms with Crippen molar-refractivity contribution in [2.45, 2.75) is 31.5 Å².